The van der Waals surface area contributed by atoms with Gasteiger partial charge < -0.3 is 10.6 Å². The Balaban J connectivity index is 2.18. The number of hydrogen-bond donors (Lipinski definition) is 1. The predicted octanol–water partition coefficient (Wildman–Crippen LogP) is 2.91. The second kappa shape index (κ2) is 6.33. The maximum atomic E-state index is 6.01. The van der Waals surface area contributed by atoms with Crippen molar-refractivity contribution in [2.75, 3.05) is 33.2 Å². The monoisotopic (exact) mass is 395 g/mol. The second-order valence-corrected chi connectivity index (χ2v) is 8.13. The van der Waals surface area contributed by atoms with E-state index in [1.807, 2.05) is 0 Å². The quantitative estimate of drug-likeness (QED) is 0.852. The van der Waals surface area contributed by atoms with Crippen LogP contribution in [0, 0.1) is 0 Å². The summed E-state index contributed by atoms with van der Waals surface area (Å²) in [4.78, 5) is 6.26. The van der Waals surface area contributed by atoms with Gasteiger partial charge in [-0.1, -0.05) is 0 Å². The van der Waals surface area contributed by atoms with Gasteiger partial charge in [0.05, 0.1) is 9.83 Å². The highest BCUT2D eigenvalue weighted by atomic mass is 79.9. The lowest BCUT2D eigenvalue weighted by Gasteiger charge is -2.42. The molecule has 2 rings (SSSR count). The minimum absolute atomic E-state index is 0.335. The van der Waals surface area contributed by atoms with Crippen LogP contribution in [0.1, 0.15) is 17.8 Å². The van der Waals surface area contributed by atoms with Gasteiger partial charge in [-0.05, 0) is 51.9 Å². The van der Waals surface area contributed by atoms with E-state index in [4.69, 9.17) is 5.73 Å². The summed E-state index contributed by atoms with van der Waals surface area (Å²) in [7, 11) is 2.18. The second-order valence-electron chi connectivity index (χ2n) is 4.87. The summed E-state index contributed by atoms with van der Waals surface area (Å²) in [6, 6.07) is 3.08. The van der Waals surface area contributed by atoms with Gasteiger partial charge in [0, 0.05) is 41.6 Å². The Morgan fingerprint density at radius 3 is 2.72 bits per heavy atom. The molecule has 3 nitrogen and oxygen atoms in total. The van der Waals surface area contributed by atoms with Crippen LogP contribution in [0.5, 0.6) is 0 Å². The topological polar surface area (TPSA) is 32.5 Å². The molecule has 0 bridgehead atoms. The minimum atomic E-state index is 0.335. The van der Waals surface area contributed by atoms with Gasteiger partial charge in [-0.3, -0.25) is 4.90 Å². The molecule has 2 unspecified atom stereocenters. The molecule has 0 saturated carbocycles. The summed E-state index contributed by atoms with van der Waals surface area (Å²) in [6.07, 6.45) is 0. The van der Waals surface area contributed by atoms with E-state index in [9.17, 15) is 0 Å². The lowest BCUT2D eigenvalue weighted by molar-refractivity contribution is 0.0648. The molecule has 0 aromatic carbocycles. The van der Waals surface area contributed by atoms with Crippen LogP contribution in [-0.4, -0.2) is 49.1 Å². The molecule has 1 saturated heterocycles. The first kappa shape index (κ1) is 14.9. The van der Waals surface area contributed by atoms with Gasteiger partial charge in [-0.15, -0.1) is 11.3 Å². The van der Waals surface area contributed by atoms with Crippen molar-refractivity contribution in [1.82, 2.24) is 9.80 Å². The largest absolute Gasteiger partial charge is 0.329 e. The molecule has 2 heterocycles. The predicted molar refractivity (Wildman–Crippen MR) is 85.2 cm³/mol. The van der Waals surface area contributed by atoms with E-state index in [1.165, 1.54) is 4.88 Å². The summed E-state index contributed by atoms with van der Waals surface area (Å²) < 4.78 is 2.28. The van der Waals surface area contributed by atoms with E-state index >= 15 is 0 Å². The first-order valence-electron chi connectivity index (χ1n) is 6.12. The minimum Gasteiger partial charge on any atom is -0.329 e. The highest BCUT2D eigenvalue weighted by Gasteiger charge is 2.29. The van der Waals surface area contributed by atoms with Crippen LogP contribution < -0.4 is 5.73 Å². The molecule has 0 radical (unpaired) electrons. The Labute approximate surface area is 130 Å². The van der Waals surface area contributed by atoms with Crippen molar-refractivity contribution < 1.29 is 0 Å². The van der Waals surface area contributed by atoms with Crippen LogP contribution in [0.25, 0.3) is 0 Å². The Bertz CT molecular complexity index is 391. The number of nitrogens with zero attached hydrogens (tertiary/aromatic N) is 2. The van der Waals surface area contributed by atoms with Crippen LogP contribution in [-0.2, 0) is 0 Å². The molecule has 2 atom stereocenters. The fraction of sp³-hybridized carbons (Fsp3) is 0.667. The normalized spacial score (nSPS) is 24.4. The van der Waals surface area contributed by atoms with Gasteiger partial charge in [0.1, 0.15) is 0 Å². The van der Waals surface area contributed by atoms with E-state index in [0.29, 0.717) is 18.6 Å². The molecule has 2 N–H and O–H groups in total. The average molecular weight is 397 g/mol. The lowest BCUT2D eigenvalue weighted by atomic mass is 10.1. The molecule has 1 aromatic heterocycles. The summed E-state index contributed by atoms with van der Waals surface area (Å²) in [6.45, 7) is 6.29. The zero-order valence-corrected chi connectivity index (χ0v) is 14.7. The highest BCUT2D eigenvalue weighted by Crippen LogP contribution is 2.37. The van der Waals surface area contributed by atoms with Crippen molar-refractivity contribution in [1.29, 1.82) is 0 Å². The Morgan fingerprint density at radius 2 is 2.22 bits per heavy atom. The Morgan fingerprint density at radius 1 is 1.50 bits per heavy atom. The highest BCUT2D eigenvalue weighted by molar-refractivity contribution is 9.13. The number of nitrogens with two attached hydrogens (primary N) is 1. The fourth-order valence-corrected chi connectivity index (χ4v) is 4.78. The maximum absolute atomic E-state index is 6.01. The summed E-state index contributed by atoms with van der Waals surface area (Å²) in [5, 5.41) is 0. The fourth-order valence-electron chi connectivity index (χ4n) is 2.56. The lowest BCUT2D eigenvalue weighted by Crippen LogP contribution is -2.52. The zero-order valence-electron chi connectivity index (χ0n) is 10.7. The van der Waals surface area contributed by atoms with Crippen molar-refractivity contribution in [3.63, 3.8) is 0 Å². The molecular weight excluding hydrogens is 378 g/mol. The maximum Gasteiger partial charge on any atom is 0.0843 e. The molecule has 6 heteroatoms. The van der Waals surface area contributed by atoms with Gasteiger partial charge >= 0.3 is 0 Å². The molecule has 18 heavy (non-hydrogen) atoms. The first-order valence-corrected chi connectivity index (χ1v) is 8.52. The van der Waals surface area contributed by atoms with Gasteiger partial charge in [-0.2, -0.15) is 0 Å². The van der Waals surface area contributed by atoms with E-state index in [-0.39, 0.29) is 0 Å². The van der Waals surface area contributed by atoms with Crippen LogP contribution >= 0.6 is 43.2 Å². The SMILES string of the molecule is CC1CN(C)CCN1C(CN)c1cc(Br)c(Br)s1. The van der Waals surface area contributed by atoms with Gasteiger partial charge in [0.25, 0.3) is 0 Å². The van der Waals surface area contributed by atoms with Crippen LogP contribution in [0.15, 0.2) is 14.3 Å². The number of hydrogen-bond acceptors (Lipinski definition) is 4. The summed E-state index contributed by atoms with van der Waals surface area (Å²) >= 11 is 8.90. The summed E-state index contributed by atoms with van der Waals surface area (Å²) in [5.41, 5.74) is 6.01. The number of thiophene rings is 1. The Hall–Kier alpha value is 0.540. The van der Waals surface area contributed by atoms with Crippen LogP contribution in [0.2, 0.25) is 0 Å². The van der Waals surface area contributed by atoms with Crippen molar-refractivity contribution in [3.05, 3.63) is 19.2 Å². The Kier molecular flexibility index (Phi) is 5.25. The van der Waals surface area contributed by atoms with E-state index in [2.05, 4.69) is 61.7 Å². The summed E-state index contributed by atoms with van der Waals surface area (Å²) in [5.74, 6) is 0. The van der Waals surface area contributed by atoms with Gasteiger partial charge in [0.2, 0.25) is 0 Å². The third-order valence-electron chi connectivity index (χ3n) is 3.50. The third-order valence-corrected chi connectivity index (χ3v) is 6.86. The number of piperazine rings is 1. The standard InChI is InChI=1S/C12H19Br2N3S/c1-8-7-16(2)3-4-17(8)10(6-15)11-5-9(13)12(14)18-11/h5,8,10H,3-4,6-7,15H2,1-2H3. The zero-order chi connectivity index (χ0) is 13.3. The molecule has 1 aliphatic heterocycles. The number of likely N-dealkylation sites (N-methyl/N-ethyl adjacent to an activating group) is 1. The van der Waals surface area contributed by atoms with Crippen LogP contribution in [0.4, 0.5) is 0 Å². The third kappa shape index (κ3) is 3.16. The van der Waals surface area contributed by atoms with Crippen molar-refractivity contribution in [3.8, 4) is 0 Å². The van der Waals surface area contributed by atoms with Gasteiger partial charge in [0.15, 0.2) is 0 Å². The van der Waals surface area contributed by atoms with E-state index in [1.54, 1.807) is 11.3 Å². The van der Waals surface area contributed by atoms with E-state index in [0.717, 1.165) is 27.9 Å². The molecule has 0 spiro atoms. The number of halogens is 2. The van der Waals surface area contributed by atoms with Crippen molar-refractivity contribution in [2.45, 2.75) is 19.0 Å². The smallest absolute Gasteiger partial charge is 0.0843 e. The van der Waals surface area contributed by atoms with Gasteiger partial charge in [-0.25, -0.2) is 0 Å². The molecule has 1 aromatic rings. The van der Waals surface area contributed by atoms with Crippen LogP contribution in [0.3, 0.4) is 0 Å². The first-order chi connectivity index (χ1) is 8.52. The molecule has 102 valence electrons. The van der Waals surface area contributed by atoms with E-state index < -0.39 is 0 Å². The molecular formula is C12H19Br2N3S. The molecule has 0 amide bonds. The molecule has 0 aliphatic carbocycles. The van der Waals surface area contributed by atoms with Crippen molar-refractivity contribution >= 4 is 43.2 Å². The average Bonchev–Trinajstić information content (AvgIpc) is 2.63. The molecule has 1 aliphatic rings. The number of rotatable bonds is 3. The molecule has 1 fully saturated rings. The van der Waals surface area contributed by atoms with Crippen molar-refractivity contribution in [2.24, 2.45) is 5.73 Å².